The molecule has 0 unspecified atom stereocenters. The van der Waals surface area contributed by atoms with Crippen LogP contribution in [0.4, 0.5) is 10.6 Å². The summed E-state index contributed by atoms with van der Waals surface area (Å²) in [5, 5.41) is 0.0996. The van der Waals surface area contributed by atoms with Gasteiger partial charge in [0.2, 0.25) is 0 Å². The first-order valence-corrected chi connectivity index (χ1v) is 7.41. The molecule has 0 fully saturated rings. The van der Waals surface area contributed by atoms with Crippen LogP contribution in [-0.2, 0) is 9.47 Å². The molecule has 0 aliphatic carbocycles. The van der Waals surface area contributed by atoms with E-state index in [9.17, 15) is 9.59 Å². The number of esters is 1. The predicted octanol–water partition coefficient (Wildman–Crippen LogP) is 3.67. The SMILES string of the molecule is CCOC(=O)c1cc(Cl)nc(N(CC)C(=O)OC(C)(C)C)c1. The van der Waals surface area contributed by atoms with E-state index in [0.717, 1.165) is 0 Å². The van der Waals surface area contributed by atoms with E-state index in [0.29, 0.717) is 6.54 Å². The third kappa shape index (κ3) is 5.18. The number of ether oxygens (including phenoxy) is 2. The van der Waals surface area contributed by atoms with Crippen LogP contribution in [0.15, 0.2) is 12.1 Å². The Kier molecular flexibility index (Phi) is 6.17. The molecule has 0 spiro atoms. The number of hydrogen-bond donors (Lipinski definition) is 0. The first-order valence-electron chi connectivity index (χ1n) is 7.03. The Labute approximate surface area is 135 Å². The van der Waals surface area contributed by atoms with Gasteiger partial charge in [0.15, 0.2) is 0 Å². The molecule has 1 amide bonds. The first-order chi connectivity index (χ1) is 10.2. The summed E-state index contributed by atoms with van der Waals surface area (Å²) in [6.07, 6.45) is -0.556. The fourth-order valence-electron chi connectivity index (χ4n) is 1.66. The second-order valence-electron chi connectivity index (χ2n) is 5.48. The molecule has 22 heavy (non-hydrogen) atoms. The smallest absolute Gasteiger partial charge is 0.415 e. The minimum Gasteiger partial charge on any atom is -0.462 e. The Morgan fingerprint density at radius 2 is 1.91 bits per heavy atom. The van der Waals surface area contributed by atoms with Crippen molar-refractivity contribution in [3.05, 3.63) is 22.8 Å². The summed E-state index contributed by atoms with van der Waals surface area (Å²) in [7, 11) is 0. The molecule has 1 aromatic rings. The molecule has 0 radical (unpaired) electrons. The van der Waals surface area contributed by atoms with Gasteiger partial charge < -0.3 is 9.47 Å². The van der Waals surface area contributed by atoms with Crippen molar-refractivity contribution < 1.29 is 19.1 Å². The van der Waals surface area contributed by atoms with Crippen LogP contribution in [0.25, 0.3) is 0 Å². The summed E-state index contributed by atoms with van der Waals surface area (Å²) in [6.45, 7) is 9.37. The normalized spacial score (nSPS) is 11.0. The van der Waals surface area contributed by atoms with Crippen molar-refractivity contribution in [3.63, 3.8) is 0 Å². The summed E-state index contributed by atoms with van der Waals surface area (Å²) in [5.74, 6) is -0.277. The van der Waals surface area contributed by atoms with Gasteiger partial charge in [-0.3, -0.25) is 4.90 Å². The number of nitrogens with zero attached hydrogens (tertiary/aromatic N) is 2. The number of carbonyl (C=O) groups is 2. The molecule has 0 atom stereocenters. The topological polar surface area (TPSA) is 68.7 Å². The Balaban J connectivity index is 3.11. The predicted molar refractivity (Wildman–Crippen MR) is 84.5 cm³/mol. The zero-order valence-electron chi connectivity index (χ0n) is 13.5. The van der Waals surface area contributed by atoms with Crippen LogP contribution in [0.2, 0.25) is 5.15 Å². The van der Waals surface area contributed by atoms with Gasteiger partial charge in [-0.2, -0.15) is 0 Å². The maximum Gasteiger partial charge on any atom is 0.415 e. The van der Waals surface area contributed by atoms with Crippen molar-refractivity contribution in [2.45, 2.75) is 40.2 Å². The summed E-state index contributed by atoms with van der Waals surface area (Å²) in [6, 6.07) is 2.85. The van der Waals surface area contributed by atoms with Crippen molar-refractivity contribution in [2.75, 3.05) is 18.1 Å². The summed E-state index contributed by atoms with van der Waals surface area (Å²) >= 11 is 5.94. The monoisotopic (exact) mass is 328 g/mol. The Morgan fingerprint density at radius 1 is 1.27 bits per heavy atom. The lowest BCUT2D eigenvalue weighted by molar-refractivity contribution is 0.0522. The molecule has 0 bridgehead atoms. The first kappa shape index (κ1) is 18.2. The molecular weight excluding hydrogens is 308 g/mol. The van der Waals surface area contributed by atoms with E-state index in [2.05, 4.69) is 4.98 Å². The number of hydrogen-bond acceptors (Lipinski definition) is 5. The standard InChI is InChI=1S/C15H21ClN2O4/c1-6-18(14(20)22-15(3,4)5)12-9-10(8-11(16)17-12)13(19)21-7-2/h8-9H,6-7H2,1-5H3. The van der Waals surface area contributed by atoms with Gasteiger partial charge in [0, 0.05) is 6.54 Å². The maximum atomic E-state index is 12.2. The van der Waals surface area contributed by atoms with Gasteiger partial charge >= 0.3 is 12.1 Å². The van der Waals surface area contributed by atoms with Gasteiger partial charge in [-0.1, -0.05) is 11.6 Å². The van der Waals surface area contributed by atoms with Crippen molar-refractivity contribution in [3.8, 4) is 0 Å². The van der Waals surface area contributed by atoms with Gasteiger partial charge in [-0.15, -0.1) is 0 Å². The molecule has 1 heterocycles. The molecule has 122 valence electrons. The highest BCUT2D eigenvalue weighted by molar-refractivity contribution is 6.29. The Bertz CT molecular complexity index is 555. The second-order valence-corrected chi connectivity index (χ2v) is 5.87. The molecule has 1 rings (SSSR count). The fraction of sp³-hybridized carbons (Fsp3) is 0.533. The summed E-state index contributed by atoms with van der Waals surface area (Å²) in [4.78, 5) is 29.4. The third-order valence-electron chi connectivity index (χ3n) is 2.50. The minimum absolute atomic E-state index is 0.0996. The number of pyridine rings is 1. The number of halogens is 1. The third-order valence-corrected chi connectivity index (χ3v) is 2.69. The van der Waals surface area contributed by atoms with Crippen LogP contribution in [0.5, 0.6) is 0 Å². The number of aromatic nitrogens is 1. The molecule has 0 aromatic carbocycles. The average molecular weight is 329 g/mol. The van der Waals surface area contributed by atoms with Gasteiger partial charge in [0.05, 0.1) is 12.2 Å². The fourth-order valence-corrected chi connectivity index (χ4v) is 1.86. The lowest BCUT2D eigenvalue weighted by Crippen LogP contribution is -2.37. The minimum atomic E-state index is -0.632. The van der Waals surface area contributed by atoms with Crippen LogP contribution < -0.4 is 4.90 Å². The van der Waals surface area contributed by atoms with Crippen molar-refractivity contribution >= 4 is 29.5 Å². The van der Waals surface area contributed by atoms with Crippen LogP contribution in [-0.4, -0.2) is 35.8 Å². The summed E-state index contributed by atoms with van der Waals surface area (Å²) < 4.78 is 10.3. The molecule has 7 heteroatoms. The van der Waals surface area contributed by atoms with E-state index in [1.165, 1.54) is 17.0 Å². The van der Waals surface area contributed by atoms with E-state index >= 15 is 0 Å². The van der Waals surface area contributed by atoms with Crippen molar-refractivity contribution in [1.29, 1.82) is 0 Å². The number of rotatable bonds is 4. The van der Waals surface area contributed by atoms with E-state index in [1.807, 2.05) is 0 Å². The van der Waals surface area contributed by atoms with E-state index in [4.69, 9.17) is 21.1 Å². The molecule has 6 nitrogen and oxygen atoms in total. The van der Waals surface area contributed by atoms with Crippen LogP contribution >= 0.6 is 11.6 Å². The molecular formula is C15H21ClN2O4. The summed E-state index contributed by atoms with van der Waals surface area (Å²) in [5.41, 5.74) is -0.397. The van der Waals surface area contributed by atoms with Crippen LogP contribution in [0.3, 0.4) is 0 Å². The van der Waals surface area contributed by atoms with E-state index < -0.39 is 17.7 Å². The average Bonchev–Trinajstić information content (AvgIpc) is 2.37. The van der Waals surface area contributed by atoms with Gasteiger partial charge in [0.1, 0.15) is 16.6 Å². The number of amides is 1. The van der Waals surface area contributed by atoms with Crippen LogP contribution in [0, 0.1) is 0 Å². The number of carbonyl (C=O) groups excluding carboxylic acids is 2. The highest BCUT2D eigenvalue weighted by atomic mass is 35.5. The van der Waals surface area contributed by atoms with Crippen molar-refractivity contribution in [2.24, 2.45) is 0 Å². The zero-order valence-corrected chi connectivity index (χ0v) is 14.2. The highest BCUT2D eigenvalue weighted by Crippen LogP contribution is 2.21. The lowest BCUT2D eigenvalue weighted by atomic mass is 10.2. The largest absolute Gasteiger partial charge is 0.462 e. The lowest BCUT2D eigenvalue weighted by Gasteiger charge is -2.26. The van der Waals surface area contributed by atoms with E-state index in [-0.39, 0.29) is 23.1 Å². The van der Waals surface area contributed by atoms with Crippen molar-refractivity contribution in [1.82, 2.24) is 4.98 Å². The second kappa shape index (κ2) is 7.45. The number of anilines is 1. The zero-order chi connectivity index (χ0) is 16.9. The van der Waals surface area contributed by atoms with Gasteiger partial charge in [0.25, 0.3) is 0 Å². The molecule has 0 saturated heterocycles. The van der Waals surface area contributed by atoms with Crippen LogP contribution in [0.1, 0.15) is 45.0 Å². The Morgan fingerprint density at radius 3 is 2.41 bits per heavy atom. The Hall–Kier alpha value is -1.82. The molecule has 0 aliphatic rings. The molecule has 0 saturated carbocycles. The van der Waals surface area contributed by atoms with E-state index in [1.54, 1.807) is 34.6 Å². The highest BCUT2D eigenvalue weighted by Gasteiger charge is 2.24. The molecule has 1 aromatic heterocycles. The quantitative estimate of drug-likeness (QED) is 0.623. The molecule has 0 N–H and O–H groups in total. The molecule has 0 aliphatic heterocycles. The van der Waals surface area contributed by atoms with Gasteiger partial charge in [-0.25, -0.2) is 14.6 Å². The maximum absolute atomic E-state index is 12.2. The van der Waals surface area contributed by atoms with Gasteiger partial charge in [-0.05, 0) is 46.8 Å².